The van der Waals surface area contributed by atoms with Gasteiger partial charge >= 0.3 is 0 Å². The molecule has 0 unspecified atom stereocenters. The lowest BCUT2D eigenvalue weighted by molar-refractivity contribution is -0.129. The predicted molar refractivity (Wildman–Crippen MR) is 90.0 cm³/mol. The molecule has 5 heteroatoms. The molecule has 23 heavy (non-hydrogen) atoms. The molecule has 0 aromatic heterocycles. The molecule has 1 aromatic carbocycles. The molecule has 5 nitrogen and oxygen atoms in total. The zero-order chi connectivity index (χ0) is 16.1. The van der Waals surface area contributed by atoms with Crippen LogP contribution >= 0.6 is 0 Å². The predicted octanol–water partition coefficient (Wildman–Crippen LogP) is 1.28. The van der Waals surface area contributed by atoms with Gasteiger partial charge in [-0.3, -0.25) is 9.69 Å². The number of carbonyl (C=O) groups excluding carboxylic acids is 1. The molecule has 2 N–H and O–H groups in total. The average Bonchev–Trinajstić information content (AvgIpc) is 3.07. The van der Waals surface area contributed by atoms with E-state index in [0.717, 1.165) is 13.1 Å². The minimum atomic E-state index is -0.255. The van der Waals surface area contributed by atoms with Crippen molar-refractivity contribution in [2.24, 2.45) is 0 Å². The number of rotatable bonds is 5. The van der Waals surface area contributed by atoms with E-state index in [9.17, 15) is 4.79 Å². The third-order valence-electron chi connectivity index (χ3n) is 4.76. The van der Waals surface area contributed by atoms with Crippen LogP contribution < -0.4 is 10.6 Å². The molecule has 0 aliphatic carbocycles. The van der Waals surface area contributed by atoms with Crippen molar-refractivity contribution in [1.29, 1.82) is 0 Å². The van der Waals surface area contributed by atoms with E-state index in [2.05, 4.69) is 33.7 Å². The van der Waals surface area contributed by atoms with E-state index in [1.165, 1.54) is 37.1 Å². The van der Waals surface area contributed by atoms with Crippen molar-refractivity contribution in [2.45, 2.75) is 45.0 Å². The van der Waals surface area contributed by atoms with Crippen molar-refractivity contribution in [3.63, 3.8) is 0 Å². The quantitative estimate of drug-likeness (QED) is 0.859. The van der Waals surface area contributed by atoms with Crippen molar-refractivity contribution < 1.29 is 9.53 Å². The maximum Gasteiger partial charge on any atom is 0.240 e. The number of morpholine rings is 1. The first-order valence-corrected chi connectivity index (χ1v) is 8.66. The molecule has 2 aliphatic rings. The second-order valence-electron chi connectivity index (χ2n) is 6.48. The summed E-state index contributed by atoms with van der Waals surface area (Å²) in [4.78, 5) is 14.9. The van der Waals surface area contributed by atoms with Gasteiger partial charge in [-0.05, 0) is 44.0 Å². The van der Waals surface area contributed by atoms with E-state index in [1.54, 1.807) is 0 Å². The fourth-order valence-electron chi connectivity index (χ4n) is 3.39. The van der Waals surface area contributed by atoms with Gasteiger partial charge in [0.05, 0.1) is 12.7 Å². The van der Waals surface area contributed by atoms with Gasteiger partial charge in [0.1, 0.15) is 6.04 Å². The fraction of sp³-hybridized carbons (Fsp3) is 0.611. The Labute approximate surface area is 138 Å². The number of nitrogens with zero attached hydrogens (tertiary/aromatic N) is 1. The highest BCUT2D eigenvalue weighted by atomic mass is 16.5. The minimum Gasteiger partial charge on any atom is -0.375 e. The smallest absolute Gasteiger partial charge is 0.240 e. The van der Waals surface area contributed by atoms with Crippen LogP contribution in [0.2, 0.25) is 0 Å². The SMILES string of the molecule is C[C@H]1OCCN[C@@H]1C(=O)NCc1ccccc1CN1CCCC1. The number of likely N-dealkylation sites (tertiary alicyclic amines) is 1. The van der Waals surface area contributed by atoms with Gasteiger partial charge in [0.15, 0.2) is 0 Å². The van der Waals surface area contributed by atoms with Gasteiger partial charge in [0, 0.05) is 19.6 Å². The summed E-state index contributed by atoms with van der Waals surface area (Å²) in [5.74, 6) is 0.0215. The van der Waals surface area contributed by atoms with Crippen LogP contribution in [0.25, 0.3) is 0 Å². The summed E-state index contributed by atoms with van der Waals surface area (Å²) in [6, 6.07) is 8.15. The number of nitrogens with one attached hydrogen (secondary N) is 2. The van der Waals surface area contributed by atoms with Crippen LogP contribution in [0.4, 0.5) is 0 Å². The highest BCUT2D eigenvalue weighted by molar-refractivity contribution is 5.82. The Kier molecular flexibility index (Phi) is 5.65. The normalized spacial score (nSPS) is 25.4. The van der Waals surface area contributed by atoms with Gasteiger partial charge in [-0.25, -0.2) is 0 Å². The van der Waals surface area contributed by atoms with Gasteiger partial charge in [0.2, 0.25) is 5.91 Å². The van der Waals surface area contributed by atoms with Gasteiger partial charge in [-0.1, -0.05) is 24.3 Å². The molecule has 0 bridgehead atoms. The van der Waals surface area contributed by atoms with Crippen LogP contribution in [0.15, 0.2) is 24.3 Å². The van der Waals surface area contributed by atoms with Gasteiger partial charge < -0.3 is 15.4 Å². The Morgan fingerprint density at radius 3 is 2.78 bits per heavy atom. The Morgan fingerprint density at radius 1 is 1.30 bits per heavy atom. The van der Waals surface area contributed by atoms with Crippen molar-refractivity contribution in [3.05, 3.63) is 35.4 Å². The second kappa shape index (κ2) is 7.90. The molecule has 0 saturated carbocycles. The summed E-state index contributed by atoms with van der Waals surface area (Å²) in [5, 5.41) is 6.30. The van der Waals surface area contributed by atoms with E-state index in [0.29, 0.717) is 13.2 Å². The molecule has 2 aliphatic heterocycles. The van der Waals surface area contributed by atoms with Crippen molar-refractivity contribution in [2.75, 3.05) is 26.2 Å². The number of carbonyl (C=O) groups is 1. The zero-order valence-corrected chi connectivity index (χ0v) is 13.9. The highest BCUT2D eigenvalue weighted by Gasteiger charge is 2.28. The molecule has 126 valence electrons. The summed E-state index contributed by atoms with van der Waals surface area (Å²) >= 11 is 0. The van der Waals surface area contributed by atoms with E-state index < -0.39 is 0 Å². The van der Waals surface area contributed by atoms with Crippen LogP contribution in [0.3, 0.4) is 0 Å². The Balaban J connectivity index is 1.58. The summed E-state index contributed by atoms with van der Waals surface area (Å²) < 4.78 is 5.55. The summed E-state index contributed by atoms with van der Waals surface area (Å²) in [5.41, 5.74) is 2.52. The van der Waals surface area contributed by atoms with Gasteiger partial charge in [-0.15, -0.1) is 0 Å². The number of benzene rings is 1. The molecule has 1 amide bonds. The number of amides is 1. The summed E-state index contributed by atoms with van der Waals surface area (Å²) in [6.45, 7) is 7.26. The summed E-state index contributed by atoms with van der Waals surface area (Å²) in [7, 11) is 0. The van der Waals surface area contributed by atoms with E-state index in [1.807, 2.05) is 13.0 Å². The minimum absolute atomic E-state index is 0.0215. The van der Waals surface area contributed by atoms with Crippen LogP contribution in [0, 0.1) is 0 Å². The topological polar surface area (TPSA) is 53.6 Å². The van der Waals surface area contributed by atoms with Crippen molar-refractivity contribution >= 4 is 5.91 Å². The maximum atomic E-state index is 12.4. The van der Waals surface area contributed by atoms with Crippen LogP contribution in [-0.2, 0) is 22.6 Å². The molecule has 2 atom stereocenters. The van der Waals surface area contributed by atoms with Crippen LogP contribution in [0.5, 0.6) is 0 Å². The zero-order valence-electron chi connectivity index (χ0n) is 13.9. The second-order valence-corrected chi connectivity index (χ2v) is 6.48. The van der Waals surface area contributed by atoms with E-state index in [-0.39, 0.29) is 18.1 Å². The number of ether oxygens (including phenoxy) is 1. The first-order valence-electron chi connectivity index (χ1n) is 8.66. The monoisotopic (exact) mass is 317 g/mol. The molecule has 0 radical (unpaired) electrons. The lowest BCUT2D eigenvalue weighted by Gasteiger charge is -2.29. The molecular weight excluding hydrogens is 290 g/mol. The highest BCUT2D eigenvalue weighted by Crippen LogP contribution is 2.16. The first-order chi connectivity index (χ1) is 11.2. The third-order valence-corrected chi connectivity index (χ3v) is 4.76. The number of hydrogen-bond acceptors (Lipinski definition) is 4. The largest absolute Gasteiger partial charge is 0.375 e. The lowest BCUT2D eigenvalue weighted by Crippen LogP contribution is -2.55. The van der Waals surface area contributed by atoms with Crippen LogP contribution in [0.1, 0.15) is 30.9 Å². The molecule has 2 saturated heterocycles. The van der Waals surface area contributed by atoms with Gasteiger partial charge in [0.25, 0.3) is 0 Å². The Morgan fingerprint density at radius 2 is 2.04 bits per heavy atom. The Bertz CT molecular complexity index is 529. The summed E-state index contributed by atoms with van der Waals surface area (Å²) in [6.07, 6.45) is 2.51. The van der Waals surface area contributed by atoms with Crippen molar-refractivity contribution in [3.8, 4) is 0 Å². The third kappa shape index (κ3) is 4.31. The molecule has 1 aromatic rings. The fourth-order valence-corrected chi connectivity index (χ4v) is 3.39. The van der Waals surface area contributed by atoms with Crippen LogP contribution in [-0.4, -0.2) is 49.2 Å². The van der Waals surface area contributed by atoms with Crippen molar-refractivity contribution in [1.82, 2.24) is 15.5 Å². The number of hydrogen-bond donors (Lipinski definition) is 2. The van der Waals surface area contributed by atoms with E-state index >= 15 is 0 Å². The molecule has 2 fully saturated rings. The maximum absolute atomic E-state index is 12.4. The molecule has 2 heterocycles. The Hall–Kier alpha value is -1.43. The molecule has 0 spiro atoms. The van der Waals surface area contributed by atoms with Gasteiger partial charge in [-0.2, -0.15) is 0 Å². The standard InChI is InChI=1S/C18H27N3O2/c1-14-17(19-8-11-23-14)18(22)20-12-15-6-2-3-7-16(15)13-21-9-4-5-10-21/h2-3,6-7,14,17,19H,4-5,8-13H2,1H3,(H,20,22)/t14-,17+/m1/s1. The lowest BCUT2D eigenvalue weighted by atomic mass is 10.1. The first kappa shape index (κ1) is 16.4. The molecule has 3 rings (SSSR count). The molecular formula is C18H27N3O2. The van der Waals surface area contributed by atoms with E-state index in [4.69, 9.17) is 4.74 Å². The average molecular weight is 317 g/mol.